The number of ether oxygens (including phenoxy) is 1. The first kappa shape index (κ1) is 16.7. The molecule has 128 valence electrons. The number of nitrogens with zero attached hydrogens (tertiary/aromatic N) is 1. The number of aliphatic hydroxyl groups excluding tert-OH is 1. The number of aliphatic hydroxyl groups is 1. The summed E-state index contributed by atoms with van der Waals surface area (Å²) >= 11 is 0. The second kappa shape index (κ2) is 7.20. The molecule has 1 heterocycles. The van der Waals surface area contributed by atoms with Crippen LogP contribution in [0.2, 0.25) is 0 Å². The average Bonchev–Trinajstić information content (AvgIpc) is 3.08. The Kier molecular flexibility index (Phi) is 5.24. The van der Waals surface area contributed by atoms with E-state index in [-0.39, 0.29) is 18.6 Å². The summed E-state index contributed by atoms with van der Waals surface area (Å²) in [4.78, 5) is 0.301. The summed E-state index contributed by atoms with van der Waals surface area (Å²) in [6.45, 7) is 0.971. The van der Waals surface area contributed by atoms with E-state index in [1.54, 1.807) is 24.3 Å². The summed E-state index contributed by atoms with van der Waals surface area (Å²) in [6, 6.07) is 6.75. The molecule has 0 radical (unpaired) electrons. The van der Waals surface area contributed by atoms with Crippen LogP contribution in [0.4, 0.5) is 0 Å². The maximum absolute atomic E-state index is 12.7. The van der Waals surface area contributed by atoms with Crippen LogP contribution in [0.15, 0.2) is 29.2 Å². The van der Waals surface area contributed by atoms with Gasteiger partial charge in [-0.25, -0.2) is 8.42 Å². The maximum Gasteiger partial charge on any atom is 0.243 e. The minimum absolute atomic E-state index is 0.0419. The molecule has 1 aliphatic heterocycles. The van der Waals surface area contributed by atoms with E-state index in [4.69, 9.17) is 4.74 Å². The van der Waals surface area contributed by atoms with Gasteiger partial charge in [0.25, 0.3) is 0 Å². The van der Waals surface area contributed by atoms with Crippen molar-refractivity contribution < 1.29 is 18.3 Å². The Bertz CT molecular complexity index is 608. The molecule has 5 nitrogen and oxygen atoms in total. The molecule has 1 aromatic rings. The van der Waals surface area contributed by atoms with Crippen molar-refractivity contribution in [1.29, 1.82) is 0 Å². The Hall–Kier alpha value is -1.11. The van der Waals surface area contributed by atoms with E-state index in [1.807, 2.05) is 0 Å². The molecule has 2 aliphatic rings. The van der Waals surface area contributed by atoms with Crippen LogP contribution < -0.4 is 4.74 Å². The molecule has 3 rings (SSSR count). The molecular formula is C17H25NO4S. The monoisotopic (exact) mass is 339 g/mol. The topological polar surface area (TPSA) is 66.8 Å². The van der Waals surface area contributed by atoms with E-state index in [1.165, 1.54) is 17.1 Å². The van der Waals surface area contributed by atoms with Crippen LogP contribution in [0.3, 0.4) is 0 Å². The van der Waals surface area contributed by atoms with Crippen LogP contribution in [0, 0.1) is 5.92 Å². The highest BCUT2D eigenvalue weighted by Gasteiger charge is 2.30. The molecule has 0 bridgehead atoms. The molecule has 0 aromatic heterocycles. The fourth-order valence-corrected chi connectivity index (χ4v) is 4.99. The van der Waals surface area contributed by atoms with Crippen molar-refractivity contribution in [1.82, 2.24) is 4.31 Å². The zero-order chi connectivity index (χ0) is 16.3. The van der Waals surface area contributed by atoms with Crippen LogP contribution in [0.25, 0.3) is 0 Å². The van der Waals surface area contributed by atoms with Crippen molar-refractivity contribution in [3.8, 4) is 5.75 Å². The zero-order valence-corrected chi connectivity index (χ0v) is 14.2. The smallest absolute Gasteiger partial charge is 0.243 e. The highest BCUT2D eigenvalue weighted by Crippen LogP contribution is 2.27. The van der Waals surface area contributed by atoms with Crippen molar-refractivity contribution in [3.05, 3.63) is 24.3 Å². The predicted octanol–water partition coefficient (Wildman–Crippen LogP) is 2.40. The number of hydrogen-bond donors (Lipinski definition) is 1. The summed E-state index contributed by atoms with van der Waals surface area (Å²) in [5, 5.41) is 9.28. The molecule has 1 aromatic carbocycles. The number of hydrogen-bond acceptors (Lipinski definition) is 4. The summed E-state index contributed by atoms with van der Waals surface area (Å²) in [5.74, 6) is 0.784. The van der Waals surface area contributed by atoms with Gasteiger partial charge in [-0.05, 0) is 68.7 Å². The number of benzene rings is 1. The molecule has 0 amide bonds. The molecule has 1 saturated heterocycles. The molecule has 2 fully saturated rings. The third-order valence-electron chi connectivity index (χ3n) is 4.81. The van der Waals surface area contributed by atoms with Crippen LogP contribution in [-0.4, -0.2) is 43.6 Å². The molecule has 1 aliphatic carbocycles. The highest BCUT2D eigenvalue weighted by molar-refractivity contribution is 7.89. The molecule has 1 N–H and O–H groups in total. The van der Waals surface area contributed by atoms with Crippen LogP contribution in [0.1, 0.15) is 38.5 Å². The molecule has 23 heavy (non-hydrogen) atoms. The normalized spacial score (nSPS) is 24.0. The van der Waals surface area contributed by atoms with Gasteiger partial charge in [0.15, 0.2) is 0 Å². The highest BCUT2D eigenvalue weighted by atomic mass is 32.2. The Morgan fingerprint density at radius 2 is 1.78 bits per heavy atom. The fourth-order valence-electron chi connectivity index (χ4n) is 3.43. The van der Waals surface area contributed by atoms with E-state index in [0.717, 1.165) is 31.4 Å². The van der Waals surface area contributed by atoms with E-state index >= 15 is 0 Å². The van der Waals surface area contributed by atoms with Crippen molar-refractivity contribution in [2.45, 2.75) is 49.5 Å². The third kappa shape index (κ3) is 3.87. The molecule has 6 heteroatoms. The first-order valence-corrected chi connectivity index (χ1v) is 9.91. The molecular weight excluding hydrogens is 314 g/mol. The minimum Gasteiger partial charge on any atom is -0.490 e. The van der Waals surface area contributed by atoms with E-state index in [0.29, 0.717) is 18.0 Å². The van der Waals surface area contributed by atoms with Crippen LogP contribution >= 0.6 is 0 Å². The second-order valence-corrected chi connectivity index (χ2v) is 8.49. The lowest BCUT2D eigenvalue weighted by atomic mass is 10.0. The number of sulfonamides is 1. The van der Waals surface area contributed by atoms with Gasteiger partial charge in [0, 0.05) is 19.7 Å². The van der Waals surface area contributed by atoms with Crippen LogP contribution in [0.5, 0.6) is 5.75 Å². The minimum atomic E-state index is -3.48. The largest absolute Gasteiger partial charge is 0.490 e. The molecule has 0 spiro atoms. The molecule has 1 saturated carbocycles. The van der Waals surface area contributed by atoms with Crippen molar-refractivity contribution in [3.63, 3.8) is 0 Å². The lowest BCUT2D eigenvalue weighted by molar-refractivity contribution is 0.165. The van der Waals surface area contributed by atoms with Gasteiger partial charge in [0.2, 0.25) is 10.0 Å². The van der Waals surface area contributed by atoms with Gasteiger partial charge < -0.3 is 9.84 Å². The summed E-state index contributed by atoms with van der Waals surface area (Å²) < 4.78 is 32.8. The van der Waals surface area contributed by atoms with Gasteiger partial charge in [-0.3, -0.25) is 0 Å². The van der Waals surface area contributed by atoms with Gasteiger partial charge in [-0.2, -0.15) is 4.31 Å². The predicted molar refractivity (Wildman–Crippen MR) is 87.9 cm³/mol. The fraction of sp³-hybridized carbons (Fsp3) is 0.647. The first-order valence-electron chi connectivity index (χ1n) is 8.47. The summed E-state index contributed by atoms with van der Waals surface area (Å²) in [5.41, 5.74) is 0. The zero-order valence-electron chi connectivity index (χ0n) is 13.4. The molecule has 1 unspecified atom stereocenters. The van der Waals surface area contributed by atoms with E-state index in [9.17, 15) is 13.5 Å². The van der Waals surface area contributed by atoms with Crippen LogP contribution in [-0.2, 0) is 10.0 Å². The van der Waals surface area contributed by atoms with Crippen molar-refractivity contribution >= 4 is 10.0 Å². The average molecular weight is 339 g/mol. The maximum atomic E-state index is 12.7. The van der Waals surface area contributed by atoms with Gasteiger partial charge >= 0.3 is 0 Å². The van der Waals surface area contributed by atoms with Crippen molar-refractivity contribution in [2.75, 3.05) is 19.7 Å². The Labute approximate surface area is 138 Å². The summed E-state index contributed by atoms with van der Waals surface area (Å²) in [6.07, 6.45) is 6.53. The van der Waals surface area contributed by atoms with Gasteiger partial charge in [-0.1, -0.05) is 0 Å². The first-order chi connectivity index (χ1) is 11.1. The van der Waals surface area contributed by atoms with Gasteiger partial charge in [-0.15, -0.1) is 0 Å². The molecule has 1 atom stereocenters. The lowest BCUT2D eigenvalue weighted by Crippen LogP contribution is -2.40. The number of rotatable bonds is 5. The Morgan fingerprint density at radius 1 is 1.09 bits per heavy atom. The van der Waals surface area contributed by atoms with Gasteiger partial charge in [0.05, 0.1) is 11.0 Å². The Balaban J connectivity index is 1.69. The van der Waals surface area contributed by atoms with Crippen molar-refractivity contribution in [2.24, 2.45) is 5.92 Å². The Morgan fingerprint density at radius 3 is 2.43 bits per heavy atom. The van der Waals surface area contributed by atoms with Gasteiger partial charge in [0.1, 0.15) is 5.75 Å². The third-order valence-corrected chi connectivity index (χ3v) is 6.69. The standard InChI is InChI=1S/C17H25NO4S/c19-13-14-4-3-11-18(12-14)23(20,21)17-9-7-16(8-10-17)22-15-5-1-2-6-15/h7-10,14-15,19H,1-6,11-13H2. The van der Waals surface area contributed by atoms with E-state index < -0.39 is 10.0 Å². The lowest BCUT2D eigenvalue weighted by Gasteiger charge is -2.31. The van der Waals surface area contributed by atoms with E-state index in [2.05, 4.69) is 0 Å². The number of piperidine rings is 1. The summed E-state index contributed by atoms with van der Waals surface area (Å²) in [7, 11) is -3.48. The SMILES string of the molecule is O=S(=O)(c1ccc(OC2CCCC2)cc1)N1CCCC(CO)C1. The quantitative estimate of drug-likeness (QED) is 0.894. The second-order valence-electron chi connectivity index (χ2n) is 6.55.